The van der Waals surface area contributed by atoms with Gasteiger partial charge in [0, 0.05) is 17.1 Å². The summed E-state index contributed by atoms with van der Waals surface area (Å²) in [6.45, 7) is 0. The second kappa shape index (κ2) is 5.59. The number of hydrogen-bond acceptors (Lipinski definition) is 2. The number of nitrogens with zero attached hydrogens (tertiary/aromatic N) is 1. The molecule has 0 saturated carbocycles. The van der Waals surface area contributed by atoms with Crippen molar-refractivity contribution in [2.24, 2.45) is 0 Å². The zero-order valence-corrected chi connectivity index (χ0v) is 11.5. The number of benzene rings is 1. The molecule has 0 aliphatic carbocycles. The summed E-state index contributed by atoms with van der Waals surface area (Å²) in [4.78, 5) is 15.9. The quantitative estimate of drug-likeness (QED) is 0.795. The summed E-state index contributed by atoms with van der Waals surface area (Å²) in [6, 6.07) is 7.63. The van der Waals surface area contributed by atoms with Gasteiger partial charge in [0.2, 0.25) is 0 Å². The molecule has 18 heavy (non-hydrogen) atoms. The summed E-state index contributed by atoms with van der Waals surface area (Å²) in [5, 5.41) is 0.0177. The minimum absolute atomic E-state index is 0.0177. The summed E-state index contributed by atoms with van der Waals surface area (Å²) in [6.07, 6.45) is 1.71. The second-order valence-corrected chi connectivity index (χ2v) is 5.03. The fraction of sp³-hybridized carbons (Fsp3) is 0.0769. The Kier molecular flexibility index (Phi) is 4.09. The third-order valence-corrected chi connectivity index (χ3v) is 3.12. The van der Waals surface area contributed by atoms with Gasteiger partial charge in [-0.1, -0.05) is 17.7 Å². The molecule has 0 aliphatic heterocycles. The summed E-state index contributed by atoms with van der Waals surface area (Å²) in [7, 11) is 0. The molecule has 0 spiro atoms. The minimum atomic E-state index is -0.491. The van der Waals surface area contributed by atoms with Crippen LogP contribution in [0, 0.1) is 5.82 Å². The van der Waals surface area contributed by atoms with Crippen molar-refractivity contribution in [3.8, 4) is 0 Å². The van der Waals surface area contributed by atoms with Crippen molar-refractivity contribution >= 4 is 33.3 Å². The van der Waals surface area contributed by atoms with Crippen molar-refractivity contribution in [2.75, 3.05) is 0 Å². The van der Waals surface area contributed by atoms with Gasteiger partial charge >= 0.3 is 0 Å². The van der Waals surface area contributed by atoms with Crippen LogP contribution in [0.3, 0.4) is 0 Å². The van der Waals surface area contributed by atoms with Gasteiger partial charge < -0.3 is 0 Å². The summed E-state index contributed by atoms with van der Waals surface area (Å²) in [5.74, 6) is -0.625. The maximum absolute atomic E-state index is 13.0. The normalized spacial score (nSPS) is 10.4. The van der Waals surface area contributed by atoms with Gasteiger partial charge in [-0.3, -0.25) is 9.78 Å². The van der Waals surface area contributed by atoms with Crippen LogP contribution in [-0.4, -0.2) is 10.8 Å². The lowest BCUT2D eigenvalue weighted by molar-refractivity contribution is 0.0988. The lowest BCUT2D eigenvalue weighted by atomic mass is 10.1. The van der Waals surface area contributed by atoms with Gasteiger partial charge in [0.15, 0.2) is 5.78 Å². The highest BCUT2D eigenvalue weighted by Gasteiger charge is 2.10. The fourth-order valence-corrected chi connectivity index (χ4v) is 1.90. The molecule has 0 N–H and O–H groups in total. The molecule has 0 saturated heterocycles. The van der Waals surface area contributed by atoms with E-state index < -0.39 is 5.82 Å². The van der Waals surface area contributed by atoms with Crippen LogP contribution in [0.15, 0.2) is 41.0 Å². The number of aromatic nitrogens is 1. The fourth-order valence-electron chi connectivity index (χ4n) is 1.47. The third-order valence-electron chi connectivity index (χ3n) is 2.36. The first kappa shape index (κ1) is 13.2. The zero-order chi connectivity index (χ0) is 13.1. The average molecular weight is 329 g/mol. The Bertz CT molecular complexity index is 586. The van der Waals surface area contributed by atoms with E-state index in [0.717, 1.165) is 4.47 Å². The van der Waals surface area contributed by atoms with Gasteiger partial charge in [0.1, 0.15) is 11.5 Å². The van der Waals surface area contributed by atoms with Crippen LogP contribution < -0.4 is 0 Å². The van der Waals surface area contributed by atoms with E-state index in [1.807, 2.05) is 0 Å². The van der Waals surface area contributed by atoms with Gasteiger partial charge in [-0.05, 0) is 45.8 Å². The Morgan fingerprint density at radius 3 is 2.72 bits per heavy atom. The Balaban J connectivity index is 2.16. The van der Waals surface area contributed by atoms with Crippen LogP contribution in [0.25, 0.3) is 0 Å². The monoisotopic (exact) mass is 327 g/mol. The van der Waals surface area contributed by atoms with E-state index in [-0.39, 0.29) is 17.2 Å². The molecule has 1 heterocycles. The van der Waals surface area contributed by atoms with Crippen LogP contribution in [0.4, 0.5) is 4.39 Å². The zero-order valence-electron chi connectivity index (χ0n) is 9.16. The van der Waals surface area contributed by atoms with Crippen LogP contribution in [-0.2, 0) is 6.42 Å². The Morgan fingerprint density at radius 1 is 1.33 bits per heavy atom. The smallest absolute Gasteiger partial charge is 0.185 e. The predicted molar refractivity (Wildman–Crippen MR) is 71.4 cm³/mol. The number of hydrogen-bond donors (Lipinski definition) is 0. The molecule has 0 amide bonds. The number of carbonyl (C=O) groups excluding carboxylic acids is 1. The van der Waals surface area contributed by atoms with Gasteiger partial charge in [-0.2, -0.15) is 0 Å². The topological polar surface area (TPSA) is 30.0 Å². The number of rotatable bonds is 3. The van der Waals surface area contributed by atoms with E-state index in [1.165, 1.54) is 18.2 Å². The first-order valence-corrected chi connectivity index (χ1v) is 6.32. The summed E-state index contributed by atoms with van der Waals surface area (Å²) >= 11 is 8.90. The van der Waals surface area contributed by atoms with Crippen molar-refractivity contribution in [3.05, 3.63) is 63.1 Å². The standard InChI is InChI=1S/C13H8BrClFNO/c14-9-2-4-12(17-7-9)13(18)6-8-1-3-11(16)10(15)5-8/h1-5,7H,6H2. The first-order valence-electron chi connectivity index (χ1n) is 5.15. The molecule has 0 aliphatic rings. The van der Waals surface area contributed by atoms with Crippen LogP contribution in [0.2, 0.25) is 5.02 Å². The van der Waals surface area contributed by atoms with E-state index in [2.05, 4.69) is 20.9 Å². The minimum Gasteiger partial charge on any atom is -0.292 e. The van der Waals surface area contributed by atoms with Crippen LogP contribution in [0.5, 0.6) is 0 Å². The number of pyridine rings is 1. The first-order chi connectivity index (χ1) is 8.56. The number of ketones is 1. The Hall–Kier alpha value is -1.26. The number of Topliss-reactive ketones (excluding diaryl/α,β-unsaturated/α-hetero) is 1. The molecule has 0 fully saturated rings. The molecule has 0 atom stereocenters. The van der Waals surface area contributed by atoms with Gasteiger partial charge in [-0.25, -0.2) is 4.39 Å². The molecule has 2 rings (SSSR count). The van der Waals surface area contributed by atoms with E-state index >= 15 is 0 Å². The molecule has 5 heteroatoms. The Morgan fingerprint density at radius 2 is 2.11 bits per heavy atom. The third kappa shape index (κ3) is 3.15. The molecule has 0 bridgehead atoms. The molecular formula is C13H8BrClFNO. The number of carbonyl (C=O) groups is 1. The molecule has 1 aromatic carbocycles. The largest absolute Gasteiger partial charge is 0.292 e. The highest BCUT2D eigenvalue weighted by molar-refractivity contribution is 9.10. The Labute approximate surface area is 117 Å². The molecule has 0 unspecified atom stereocenters. The lowest BCUT2D eigenvalue weighted by Gasteiger charge is -2.02. The molecule has 0 radical (unpaired) electrons. The van der Waals surface area contributed by atoms with E-state index in [1.54, 1.807) is 18.3 Å². The number of halogens is 3. The molecule has 1 aromatic heterocycles. The predicted octanol–water partition coefficient (Wildman–Crippen LogP) is 4.06. The van der Waals surface area contributed by atoms with Crippen molar-refractivity contribution in [3.63, 3.8) is 0 Å². The lowest BCUT2D eigenvalue weighted by Crippen LogP contribution is -2.05. The van der Waals surface area contributed by atoms with Crippen molar-refractivity contribution in [1.29, 1.82) is 0 Å². The van der Waals surface area contributed by atoms with Crippen LogP contribution >= 0.6 is 27.5 Å². The van der Waals surface area contributed by atoms with Crippen molar-refractivity contribution in [1.82, 2.24) is 4.98 Å². The highest BCUT2D eigenvalue weighted by Crippen LogP contribution is 2.17. The van der Waals surface area contributed by atoms with Crippen LogP contribution in [0.1, 0.15) is 16.1 Å². The van der Waals surface area contributed by atoms with E-state index in [0.29, 0.717) is 11.3 Å². The van der Waals surface area contributed by atoms with Gasteiger partial charge in [0.05, 0.1) is 5.02 Å². The van der Waals surface area contributed by atoms with E-state index in [4.69, 9.17) is 11.6 Å². The molecule has 2 aromatic rings. The maximum atomic E-state index is 13.0. The van der Waals surface area contributed by atoms with Crippen molar-refractivity contribution in [2.45, 2.75) is 6.42 Å². The second-order valence-electron chi connectivity index (χ2n) is 3.71. The molecule has 2 nitrogen and oxygen atoms in total. The maximum Gasteiger partial charge on any atom is 0.185 e. The van der Waals surface area contributed by atoms with E-state index in [9.17, 15) is 9.18 Å². The highest BCUT2D eigenvalue weighted by atomic mass is 79.9. The molecular weight excluding hydrogens is 321 g/mol. The SMILES string of the molecule is O=C(Cc1ccc(F)c(Cl)c1)c1ccc(Br)cn1. The van der Waals surface area contributed by atoms with Gasteiger partial charge in [0.25, 0.3) is 0 Å². The average Bonchev–Trinajstić information content (AvgIpc) is 2.34. The van der Waals surface area contributed by atoms with Crippen molar-refractivity contribution < 1.29 is 9.18 Å². The summed E-state index contributed by atoms with van der Waals surface area (Å²) < 4.78 is 13.8. The molecule has 92 valence electrons. The summed E-state index contributed by atoms with van der Waals surface area (Å²) in [5.41, 5.74) is 1.04. The van der Waals surface area contributed by atoms with Gasteiger partial charge in [-0.15, -0.1) is 0 Å².